The number of H-pyrrole nitrogens is 2. The Morgan fingerprint density at radius 1 is 0.833 bits per heavy atom. The summed E-state index contributed by atoms with van der Waals surface area (Å²) in [5.74, 6) is 0.828. The predicted octanol–water partition coefficient (Wildman–Crippen LogP) is 4.48. The third-order valence-corrected chi connectivity index (χ3v) is 5.16. The topological polar surface area (TPSA) is 87.2 Å². The molecule has 0 atom stereocenters. The Balaban J connectivity index is 1.31. The molecule has 30 heavy (non-hydrogen) atoms. The minimum atomic E-state index is 0.686. The number of rotatable bonds is 6. The lowest BCUT2D eigenvalue weighted by Crippen LogP contribution is -2.05. The average Bonchev–Trinajstić information content (AvgIpc) is 3.55. The lowest BCUT2D eigenvalue weighted by Gasteiger charge is -2.10. The zero-order valence-electron chi connectivity index (χ0n) is 16.5. The molecule has 0 aliphatic heterocycles. The smallest absolute Gasteiger partial charge is 0.203 e. The van der Waals surface area contributed by atoms with Crippen molar-refractivity contribution >= 4 is 5.95 Å². The van der Waals surface area contributed by atoms with Crippen LogP contribution in [0.1, 0.15) is 5.56 Å². The van der Waals surface area contributed by atoms with E-state index in [1.807, 2.05) is 25.6 Å². The molecule has 0 aliphatic rings. The summed E-state index contributed by atoms with van der Waals surface area (Å²) < 4.78 is 2.07. The van der Waals surface area contributed by atoms with Crippen molar-refractivity contribution in [2.45, 2.75) is 6.54 Å². The van der Waals surface area contributed by atoms with Crippen LogP contribution in [0.4, 0.5) is 5.95 Å². The Labute approximate surface area is 173 Å². The number of imidazole rings is 3. The van der Waals surface area contributed by atoms with E-state index >= 15 is 0 Å². The molecule has 0 unspecified atom stereocenters. The Bertz CT molecular complexity index is 1230. The van der Waals surface area contributed by atoms with E-state index in [2.05, 4.69) is 83.3 Å². The van der Waals surface area contributed by atoms with Crippen LogP contribution in [-0.4, -0.2) is 29.5 Å². The molecule has 0 amide bonds. The molecular weight excluding hydrogens is 374 g/mol. The molecule has 2 aromatic carbocycles. The summed E-state index contributed by atoms with van der Waals surface area (Å²) in [6, 6.07) is 16.8. The average molecular weight is 395 g/mol. The number of anilines is 1. The zero-order chi connectivity index (χ0) is 20.3. The number of aromatic nitrogens is 6. The van der Waals surface area contributed by atoms with Gasteiger partial charge in [-0.05, 0) is 28.3 Å². The number of hydrogen-bond donors (Lipinski definition) is 3. The molecule has 5 rings (SSSR count). The summed E-state index contributed by atoms with van der Waals surface area (Å²) in [6.45, 7) is 0.686. The molecular formula is C23H21N7. The fraction of sp³-hybridized carbons (Fsp3) is 0.0870. The Morgan fingerprint density at radius 2 is 1.53 bits per heavy atom. The minimum Gasteiger partial charge on any atom is -0.352 e. The molecule has 3 N–H and O–H groups in total. The van der Waals surface area contributed by atoms with E-state index in [0.29, 0.717) is 6.54 Å². The van der Waals surface area contributed by atoms with E-state index in [0.717, 1.165) is 39.7 Å². The van der Waals surface area contributed by atoms with Crippen LogP contribution in [0.2, 0.25) is 0 Å². The van der Waals surface area contributed by atoms with Gasteiger partial charge in [-0.1, -0.05) is 42.5 Å². The van der Waals surface area contributed by atoms with Gasteiger partial charge in [0.25, 0.3) is 0 Å². The van der Waals surface area contributed by atoms with E-state index in [-0.39, 0.29) is 0 Å². The van der Waals surface area contributed by atoms with Gasteiger partial charge in [-0.2, -0.15) is 0 Å². The highest BCUT2D eigenvalue weighted by atomic mass is 15.2. The third kappa shape index (κ3) is 3.48. The number of aromatic amines is 2. The van der Waals surface area contributed by atoms with Gasteiger partial charge < -0.3 is 19.9 Å². The predicted molar refractivity (Wildman–Crippen MR) is 118 cm³/mol. The molecule has 0 aliphatic carbocycles. The maximum absolute atomic E-state index is 4.57. The molecule has 0 saturated heterocycles. The molecule has 7 nitrogen and oxygen atoms in total. The quantitative estimate of drug-likeness (QED) is 0.396. The molecule has 148 valence electrons. The van der Waals surface area contributed by atoms with Crippen LogP contribution in [0.15, 0.2) is 79.8 Å². The number of nitrogens with zero attached hydrogens (tertiary/aromatic N) is 4. The maximum Gasteiger partial charge on any atom is 0.203 e. The van der Waals surface area contributed by atoms with Gasteiger partial charge in [0.2, 0.25) is 5.95 Å². The molecule has 3 aromatic heterocycles. The summed E-state index contributed by atoms with van der Waals surface area (Å²) in [5, 5.41) is 3.44. The number of benzene rings is 2. The largest absolute Gasteiger partial charge is 0.352 e. The van der Waals surface area contributed by atoms with Gasteiger partial charge in [0, 0.05) is 13.6 Å². The first kappa shape index (κ1) is 17.9. The Hall–Kier alpha value is -4.13. The van der Waals surface area contributed by atoms with Crippen molar-refractivity contribution in [2.75, 3.05) is 5.32 Å². The number of nitrogens with one attached hydrogen (secondary N) is 3. The molecule has 0 fully saturated rings. The van der Waals surface area contributed by atoms with Gasteiger partial charge in [-0.25, -0.2) is 15.0 Å². The summed E-state index contributed by atoms with van der Waals surface area (Å²) in [7, 11) is 2.02. The van der Waals surface area contributed by atoms with Crippen molar-refractivity contribution in [1.82, 2.24) is 29.5 Å². The summed E-state index contributed by atoms with van der Waals surface area (Å²) >= 11 is 0. The molecule has 7 heteroatoms. The van der Waals surface area contributed by atoms with Gasteiger partial charge in [-0.3, -0.25) is 0 Å². The molecule has 3 heterocycles. The SMILES string of the molecule is Cn1c(-c2ccc(-c3cnc[nH]3)cc2)cnc1NCc1cccc(-c2cnc[nH]2)c1. The second-order valence-electron chi connectivity index (χ2n) is 7.09. The van der Waals surface area contributed by atoms with E-state index < -0.39 is 0 Å². The van der Waals surface area contributed by atoms with E-state index in [1.165, 1.54) is 5.56 Å². The van der Waals surface area contributed by atoms with E-state index in [9.17, 15) is 0 Å². The molecule has 0 saturated carbocycles. The van der Waals surface area contributed by atoms with Gasteiger partial charge in [0.15, 0.2) is 0 Å². The summed E-state index contributed by atoms with van der Waals surface area (Å²) in [5.41, 5.74) is 7.58. The van der Waals surface area contributed by atoms with Crippen molar-refractivity contribution in [3.05, 3.63) is 85.3 Å². The van der Waals surface area contributed by atoms with Crippen LogP contribution < -0.4 is 5.32 Å². The minimum absolute atomic E-state index is 0.686. The second kappa shape index (κ2) is 7.71. The molecule has 0 bridgehead atoms. The zero-order valence-corrected chi connectivity index (χ0v) is 16.5. The first-order valence-corrected chi connectivity index (χ1v) is 9.70. The summed E-state index contributed by atoms with van der Waals surface area (Å²) in [6.07, 6.45) is 8.93. The van der Waals surface area contributed by atoms with Gasteiger partial charge in [0.05, 0.1) is 48.3 Å². The third-order valence-electron chi connectivity index (χ3n) is 5.16. The van der Waals surface area contributed by atoms with E-state index in [1.54, 1.807) is 12.7 Å². The van der Waals surface area contributed by atoms with Crippen LogP contribution in [-0.2, 0) is 13.6 Å². The van der Waals surface area contributed by atoms with Crippen molar-refractivity contribution in [1.29, 1.82) is 0 Å². The first-order valence-electron chi connectivity index (χ1n) is 9.70. The normalized spacial score (nSPS) is 11.0. The number of hydrogen-bond acceptors (Lipinski definition) is 4. The van der Waals surface area contributed by atoms with Crippen LogP contribution in [0.25, 0.3) is 33.8 Å². The van der Waals surface area contributed by atoms with Crippen LogP contribution in [0.3, 0.4) is 0 Å². The molecule has 5 aromatic rings. The van der Waals surface area contributed by atoms with Crippen LogP contribution in [0.5, 0.6) is 0 Å². The Kier molecular flexibility index (Phi) is 4.61. The van der Waals surface area contributed by atoms with Crippen molar-refractivity contribution in [3.8, 4) is 33.8 Å². The molecule has 0 radical (unpaired) electrons. The monoisotopic (exact) mass is 395 g/mol. The van der Waals surface area contributed by atoms with E-state index in [4.69, 9.17) is 0 Å². The van der Waals surface area contributed by atoms with Crippen molar-refractivity contribution in [2.24, 2.45) is 7.05 Å². The highest BCUT2D eigenvalue weighted by Crippen LogP contribution is 2.25. The first-order chi connectivity index (χ1) is 14.8. The van der Waals surface area contributed by atoms with Crippen LogP contribution >= 0.6 is 0 Å². The van der Waals surface area contributed by atoms with Gasteiger partial charge in [-0.15, -0.1) is 0 Å². The lowest BCUT2D eigenvalue weighted by molar-refractivity contribution is 0.907. The van der Waals surface area contributed by atoms with Gasteiger partial charge in [0.1, 0.15) is 0 Å². The highest BCUT2D eigenvalue weighted by Gasteiger charge is 2.09. The Morgan fingerprint density at radius 3 is 2.23 bits per heavy atom. The summed E-state index contributed by atoms with van der Waals surface area (Å²) in [4.78, 5) is 19.0. The van der Waals surface area contributed by atoms with Crippen LogP contribution in [0, 0.1) is 0 Å². The van der Waals surface area contributed by atoms with Crippen molar-refractivity contribution < 1.29 is 0 Å². The highest BCUT2D eigenvalue weighted by molar-refractivity contribution is 5.67. The van der Waals surface area contributed by atoms with Gasteiger partial charge >= 0.3 is 0 Å². The molecule has 0 spiro atoms. The fourth-order valence-electron chi connectivity index (χ4n) is 3.52. The lowest BCUT2D eigenvalue weighted by atomic mass is 10.1. The maximum atomic E-state index is 4.57. The standard InChI is InChI=1S/C23H21N7/c1-30-22(18-7-5-17(6-8-18)20-11-24-14-28-20)13-27-23(30)26-10-16-3-2-4-19(9-16)21-12-25-15-29-21/h2-9,11-15H,10H2,1H3,(H,24,28)(H,25,29)(H,26,27). The second-order valence-corrected chi connectivity index (χ2v) is 7.09. The van der Waals surface area contributed by atoms with Crippen molar-refractivity contribution in [3.63, 3.8) is 0 Å². The fourth-order valence-corrected chi connectivity index (χ4v) is 3.52.